The molecule has 13 heteroatoms. The summed E-state index contributed by atoms with van der Waals surface area (Å²) in [5.74, 6) is -0.000983. The Bertz CT molecular complexity index is 1360. The second-order valence-corrected chi connectivity index (χ2v) is 10.4. The first-order valence-corrected chi connectivity index (χ1v) is 13.5. The molecule has 3 unspecified atom stereocenters. The summed E-state index contributed by atoms with van der Waals surface area (Å²) >= 11 is 6.43. The summed E-state index contributed by atoms with van der Waals surface area (Å²) in [7, 11) is 1.53. The summed E-state index contributed by atoms with van der Waals surface area (Å²) in [6, 6.07) is 4.90. The fourth-order valence-electron chi connectivity index (χ4n) is 5.30. The highest BCUT2D eigenvalue weighted by atomic mass is 35.5. The van der Waals surface area contributed by atoms with Crippen LogP contribution in [-0.4, -0.2) is 82.8 Å². The number of piperidine rings is 1. The smallest absolute Gasteiger partial charge is 0.147 e. The predicted octanol–water partition coefficient (Wildman–Crippen LogP) is 3.82. The molecule has 3 N–H and O–H groups in total. The third-order valence-corrected chi connectivity index (χ3v) is 7.74. The van der Waals surface area contributed by atoms with Gasteiger partial charge in [-0.25, -0.2) is 14.4 Å². The van der Waals surface area contributed by atoms with E-state index < -0.39 is 18.0 Å². The van der Waals surface area contributed by atoms with Crippen LogP contribution in [0.4, 0.5) is 4.39 Å². The van der Waals surface area contributed by atoms with Crippen molar-refractivity contribution in [3.63, 3.8) is 0 Å². The first-order valence-electron chi connectivity index (χ1n) is 13.2. The number of hydrogen-bond acceptors (Lipinski definition) is 10. The number of methoxy groups -OCH3 is 1. The van der Waals surface area contributed by atoms with Gasteiger partial charge in [-0.1, -0.05) is 11.6 Å². The third-order valence-electron chi connectivity index (χ3n) is 7.47. The van der Waals surface area contributed by atoms with E-state index >= 15 is 0 Å². The molecule has 0 amide bonds. The number of ether oxygens (including phenoxy) is 3. The molecule has 214 valence electrons. The molecule has 2 fully saturated rings. The van der Waals surface area contributed by atoms with Gasteiger partial charge in [0.25, 0.3) is 0 Å². The SMILES string of the molecule is COC(COc1cc(/C(N=N)=C(\C)NC2CCN(C3COCC3O)CC2)cn2ncc(Cl)c12)c1ccc(F)cn1. The maximum absolute atomic E-state index is 13.3. The summed E-state index contributed by atoms with van der Waals surface area (Å²) < 4.78 is 32.0. The maximum atomic E-state index is 13.3. The topological polar surface area (TPSA) is 130 Å². The largest absolute Gasteiger partial charge is 0.488 e. The zero-order chi connectivity index (χ0) is 28.2. The van der Waals surface area contributed by atoms with Crippen LogP contribution in [0.2, 0.25) is 5.02 Å². The number of aliphatic hydroxyl groups excluding tert-OH is 1. The minimum atomic E-state index is -0.548. The van der Waals surface area contributed by atoms with Crippen molar-refractivity contribution < 1.29 is 23.7 Å². The second-order valence-electron chi connectivity index (χ2n) is 10.0. The molecular formula is C27H33ClFN7O4. The Morgan fingerprint density at radius 1 is 1.32 bits per heavy atom. The van der Waals surface area contributed by atoms with E-state index in [1.165, 1.54) is 19.4 Å². The van der Waals surface area contributed by atoms with Gasteiger partial charge < -0.3 is 24.6 Å². The van der Waals surface area contributed by atoms with Crippen molar-refractivity contribution in [3.05, 3.63) is 64.6 Å². The Kier molecular flexibility index (Phi) is 8.91. The van der Waals surface area contributed by atoms with Crippen LogP contribution in [0.3, 0.4) is 0 Å². The van der Waals surface area contributed by atoms with E-state index in [-0.39, 0.29) is 18.7 Å². The van der Waals surface area contributed by atoms with Gasteiger partial charge in [-0.15, -0.1) is 0 Å². The van der Waals surface area contributed by atoms with Crippen LogP contribution in [0.25, 0.3) is 11.2 Å². The van der Waals surface area contributed by atoms with E-state index in [2.05, 4.69) is 25.4 Å². The summed E-state index contributed by atoms with van der Waals surface area (Å²) in [4.78, 5) is 6.39. The molecule has 0 aromatic carbocycles. The minimum Gasteiger partial charge on any atom is -0.488 e. The Morgan fingerprint density at radius 2 is 2.12 bits per heavy atom. The molecule has 0 spiro atoms. The summed E-state index contributed by atoms with van der Waals surface area (Å²) in [5.41, 5.74) is 10.9. The molecule has 0 saturated carbocycles. The monoisotopic (exact) mass is 573 g/mol. The van der Waals surface area contributed by atoms with Gasteiger partial charge in [0, 0.05) is 43.7 Å². The number of pyridine rings is 2. The van der Waals surface area contributed by atoms with Crippen molar-refractivity contribution in [2.75, 3.05) is 40.0 Å². The number of hydrogen-bond donors (Lipinski definition) is 3. The minimum absolute atomic E-state index is 0.0546. The lowest BCUT2D eigenvalue weighted by Crippen LogP contribution is -2.50. The molecule has 11 nitrogen and oxygen atoms in total. The molecule has 2 saturated heterocycles. The molecule has 0 radical (unpaired) electrons. The summed E-state index contributed by atoms with van der Waals surface area (Å²) in [6.07, 6.45) is 5.21. The summed E-state index contributed by atoms with van der Waals surface area (Å²) in [5, 5.41) is 22.3. The highest BCUT2D eigenvalue weighted by Gasteiger charge is 2.34. The lowest BCUT2D eigenvalue weighted by molar-refractivity contribution is 0.0549. The normalized spacial score (nSPS) is 21.8. The van der Waals surface area contributed by atoms with Crippen molar-refractivity contribution >= 4 is 22.8 Å². The van der Waals surface area contributed by atoms with Crippen molar-refractivity contribution in [2.24, 2.45) is 5.11 Å². The van der Waals surface area contributed by atoms with Crippen LogP contribution < -0.4 is 10.1 Å². The van der Waals surface area contributed by atoms with E-state index in [0.717, 1.165) is 37.8 Å². The number of aromatic nitrogens is 3. The lowest BCUT2D eigenvalue weighted by Gasteiger charge is -2.37. The van der Waals surface area contributed by atoms with Crippen LogP contribution in [0.5, 0.6) is 5.75 Å². The molecule has 5 heterocycles. The number of nitrogens with zero attached hydrogens (tertiary/aromatic N) is 5. The van der Waals surface area contributed by atoms with E-state index in [0.29, 0.717) is 46.5 Å². The molecule has 3 atom stereocenters. The van der Waals surface area contributed by atoms with Crippen LogP contribution in [-0.2, 0) is 9.47 Å². The first-order chi connectivity index (χ1) is 19.4. The highest BCUT2D eigenvalue weighted by molar-refractivity contribution is 6.34. The van der Waals surface area contributed by atoms with Gasteiger partial charge in [0.05, 0.1) is 48.5 Å². The molecule has 5 rings (SSSR count). The van der Waals surface area contributed by atoms with E-state index in [9.17, 15) is 9.50 Å². The van der Waals surface area contributed by atoms with Gasteiger partial charge in [-0.3, -0.25) is 9.88 Å². The van der Waals surface area contributed by atoms with Gasteiger partial charge in [0.1, 0.15) is 35.5 Å². The van der Waals surface area contributed by atoms with E-state index in [4.69, 9.17) is 31.3 Å². The first kappa shape index (κ1) is 28.4. The molecule has 3 aromatic heterocycles. The van der Waals surface area contributed by atoms with Gasteiger partial charge in [-0.05, 0) is 38.0 Å². The number of aliphatic hydroxyl groups is 1. The third kappa shape index (κ3) is 6.11. The van der Waals surface area contributed by atoms with Crippen molar-refractivity contribution in [3.8, 4) is 5.75 Å². The fourth-order valence-corrected chi connectivity index (χ4v) is 5.52. The van der Waals surface area contributed by atoms with Gasteiger partial charge >= 0.3 is 0 Å². The Balaban J connectivity index is 1.33. The molecule has 2 aliphatic rings. The lowest BCUT2D eigenvalue weighted by atomic mass is 10.0. The standard InChI is InChI=1S/C27H33ClFN7O4/c1-16(33-19-5-7-35(8-6-19)22-13-39-14-23(22)37)26(34-30)17-9-24(27-20(28)11-32-36(27)12-17)40-15-25(38-2)21-4-3-18(29)10-31-21/h3-4,9-12,19,22-23,25,30,33,37H,5-8,13-15H2,1-2H3/b26-16-,34-30?. The summed E-state index contributed by atoms with van der Waals surface area (Å²) in [6.45, 7) is 4.65. The predicted molar refractivity (Wildman–Crippen MR) is 146 cm³/mol. The Hall–Kier alpha value is -3.16. The number of halogens is 2. The van der Waals surface area contributed by atoms with E-state index in [1.54, 1.807) is 22.8 Å². The van der Waals surface area contributed by atoms with Crippen molar-refractivity contribution in [1.29, 1.82) is 5.53 Å². The average molecular weight is 574 g/mol. The molecule has 3 aromatic rings. The highest BCUT2D eigenvalue weighted by Crippen LogP contribution is 2.33. The van der Waals surface area contributed by atoms with Crippen LogP contribution >= 0.6 is 11.6 Å². The van der Waals surface area contributed by atoms with Gasteiger partial charge in [-0.2, -0.15) is 10.2 Å². The number of allylic oxidation sites excluding steroid dienone is 1. The maximum Gasteiger partial charge on any atom is 0.147 e. The number of likely N-dealkylation sites (tertiary alicyclic amines) is 1. The van der Waals surface area contributed by atoms with Crippen LogP contribution in [0.15, 0.2) is 47.6 Å². The van der Waals surface area contributed by atoms with Gasteiger partial charge in [0.2, 0.25) is 0 Å². The fraction of sp³-hybridized carbons (Fsp3) is 0.481. The second kappa shape index (κ2) is 12.6. The Labute approximate surface area is 236 Å². The number of fused-ring (bicyclic) bond motifs is 1. The zero-order valence-electron chi connectivity index (χ0n) is 22.4. The Morgan fingerprint density at radius 3 is 2.77 bits per heavy atom. The number of rotatable bonds is 10. The van der Waals surface area contributed by atoms with E-state index in [1.807, 2.05) is 6.92 Å². The molecule has 40 heavy (non-hydrogen) atoms. The average Bonchev–Trinajstić information content (AvgIpc) is 3.56. The molecular weight excluding hydrogens is 541 g/mol. The quantitative estimate of drug-likeness (QED) is 0.312. The van der Waals surface area contributed by atoms with Crippen molar-refractivity contribution in [1.82, 2.24) is 24.8 Å². The number of nitrogens with one attached hydrogen (secondary N) is 2. The molecule has 0 aliphatic carbocycles. The van der Waals surface area contributed by atoms with Gasteiger partial charge in [0.15, 0.2) is 0 Å². The molecule has 2 aliphatic heterocycles. The molecule has 0 bridgehead atoms. The zero-order valence-corrected chi connectivity index (χ0v) is 23.1. The van der Waals surface area contributed by atoms with Crippen molar-refractivity contribution in [2.45, 2.75) is 44.1 Å². The van der Waals surface area contributed by atoms with Crippen LogP contribution in [0.1, 0.15) is 37.1 Å². The van der Waals surface area contributed by atoms with Crippen LogP contribution in [0, 0.1) is 11.3 Å².